The molecule has 3 heterocycles. The van der Waals surface area contributed by atoms with Crippen LogP contribution in [0.25, 0.3) is 10.9 Å². The largest absolute Gasteiger partial charge is 0.416 e. The smallest absolute Gasteiger partial charge is 0.340 e. The summed E-state index contributed by atoms with van der Waals surface area (Å²) in [5.74, 6) is -0.320. The standard InChI is InChI=1S/C22H16ClF3N4O/c23-20-4-2-17(12-28-20)29-21(31)11-18-10-15-9-16(22(24,25)26)1-3-19(15)30(18)13-14-5-7-27-8-6-14/h1-10,12H,11,13H2,(H,29,31). The average molecular weight is 445 g/mol. The molecule has 0 bridgehead atoms. The van der Waals surface area contributed by atoms with Gasteiger partial charge in [0.2, 0.25) is 5.91 Å². The summed E-state index contributed by atoms with van der Waals surface area (Å²) in [5.41, 5.74) is 1.86. The van der Waals surface area contributed by atoms with Crippen LogP contribution in [0, 0.1) is 0 Å². The summed E-state index contributed by atoms with van der Waals surface area (Å²) in [6.07, 6.45) is 0.248. The molecule has 4 aromatic rings. The first-order chi connectivity index (χ1) is 14.8. The summed E-state index contributed by atoms with van der Waals surface area (Å²) in [7, 11) is 0. The second-order valence-corrected chi connectivity index (χ2v) is 7.33. The maximum Gasteiger partial charge on any atom is 0.416 e. The molecule has 1 aromatic carbocycles. The number of hydrogen-bond donors (Lipinski definition) is 1. The van der Waals surface area contributed by atoms with Gasteiger partial charge in [-0.25, -0.2) is 4.98 Å². The van der Waals surface area contributed by atoms with Crippen molar-refractivity contribution in [1.29, 1.82) is 0 Å². The average Bonchev–Trinajstić information content (AvgIpc) is 3.06. The van der Waals surface area contributed by atoms with Crippen LogP contribution in [-0.4, -0.2) is 20.4 Å². The van der Waals surface area contributed by atoms with Gasteiger partial charge in [0, 0.05) is 35.5 Å². The van der Waals surface area contributed by atoms with Gasteiger partial charge < -0.3 is 9.88 Å². The van der Waals surface area contributed by atoms with E-state index in [-0.39, 0.29) is 12.3 Å². The molecule has 0 fully saturated rings. The van der Waals surface area contributed by atoms with Gasteiger partial charge in [-0.3, -0.25) is 9.78 Å². The predicted octanol–water partition coefficient (Wildman–Crippen LogP) is 5.33. The third kappa shape index (κ3) is 4.86. The van der Waals surface area contributed by atoms with Gasteiger partial charge in [-0.05, 0) is 54.1 Å². The molecule has 0 radical (unpaired) electrons. The maximum atomic E-state index is 13.2. The van der Waals surface area contributed by atoms with Crippen LogP contribution in [0.15, 0.2) is 67.1 Å². The lowest BCUT2D eigenvalue weighted by Crippen LogP contribution is -2.17. The number of pyridine rings is 2. The number of anilines is 1. The van der Waals surface area contributed by atoms with Crippen LogP contribution in [0.4, 0.5) is 18.9 Å². The molecule has 31 heavy (non-hydrogen) atoms. The first-order valence-corrected chi connectivity index (χ1v) is 9.67. The molecule has 0 atom stereocenters. The molecular weight excluding hydrogens is 429 g/mol. The fourth-order valence-corrected chi connectivity index (χ4v) is 3.44. The zero-order valence-electron chi connectivity index (χ0n) is 16.0. The molecule has 0 aliphatic heterocycles. The fraction of sp³-hybridized carbons (Fsp3) is 0.136. The number of rotatable bonds is 5. The van der Waals surface area contributed by atoms with E-state index in [0.29, 0.717) is 34.0 Å². The van der Waals surface area contributed by atoms with E-state index in [1.165, 1.54) is 12.3 Å². The van der Waals surface area contributed by atoms with E-state index in [2.05, 4.69) is 15.3 Å². The topological polar surface area (TPSA) is 59.8 Å². The second-order valence-electron chi connectivity index (χ2n) is 6.94. The van der Waals surface area contributed by atoms with Crippen LogP contribution in [-0.2, 0) is 23.9 Å². The molecule has 0 spiro atoms. The number of carbonyl (C=O) groups excluding carboxylic acids is 1. The third-order valence-corrected chi connectivity index (χ3v) is 4.98. The highest BCUT2D eigenvalue weighted by molar-refractivity contribution is 6.29. The zero-order chi connectivity index (χ0) is 22.0. The highest BCUT2D eigenvalue weighted by Crippen LogP contribution is 2.33. The molecule has 0 saturated heterocycles. The van der Waals surface area contributed by atoms with Gasteiger partial charge in [0.05, 0.1) is 23.9 Å². The number of benzene rings is 1. The van der Waals surface area contributed by atoms with E-state index < -0.39 is 11.7 Å². The molecule has 3 aromatic heterocycles. The molecule has 1 N–H and O–H groups in total. The minimum atomic E-state index is -4.44. The Morgan fingerprint density at radius 3 is 2.52 bits per heavy atom. The monoisotopic (exact) mass is 444 g/mol. The summed E-state index contributed by atoms with van der Waals surface area (Å²) < 4.78 is 41.3. The van der Waals surface area contributed by atoms with E-state index >= 15 is 0 Å². The Kier molecular flexibility index (Phi) is 5.65. The number of halogens is 4. The first kappa shape index (κ1) is 20.9. The number of fused-ring (bicyclic) bond motifs is 1. The summed E-state index contributed by atoms with van der Waals surface area (Å²) in [5, 5.41) is 3.44. The van der Waals surface area contributed by atoms with Crippen molar-refractivity contribution in [2.75, 3.05) is 5.32 Å². The van der Waals surface area contributed by atoms with Gasteiger partial charge in [-0.1, -0.05) is 11.6 Å². The van der Waals surface area contributed by atoms with E-state index in [1.54, 1.807) is 30.6 Å². The van der Waals surface area contributed by atoms with Gasteiger partial charge in [0.1, 0.15) is 5.15 Å². The third-order valence-electron chi connectivity index (χ3n) is 4.76. The van der Waals surface area contributed by atoms with Crippen molar-refractivity contribution in [2.45, 2.75) is 19.1 Å². The minimum Gasteiger partial charge on any atom is -0.340 e. The van der Waals surface area contributed by atoms with Crippen molar-refractivity contribution in [3.63, 3.8) is 0 Å². The SMILES string of the molecule is O=C(Cc1cc2cc(C(F)(F)F)ccc2n1Cc1ccncc1)Nc1ccc(Cl)nc1. The Hall–Kier alpha value is -3.39. The number of aromatic nitrogens is 3. The van der Waals surface area contributed by atoms with Crippen LogP contribution in [0.2, 0.25) is 5.15 Å². The lowest BCUT2D eigenvalue weighted by atomic mass is 10.1. The Morgan fingerprint density at radius 2 is 1.84 bits per heavy atom. The van der Waals surface area contributed by atoms with E-state index in [0.717, 1.165) is 17.7 Å². The molecule has 0 aliphatic rings. The van der Waals surface area contributed by atoms with Gasteiger partial charge in [0.25, 0.3) is 0 Å². The van der Waals surface area contributed by atoms with Crippen molar-refractivity contribution >= 4 is 34.1 Å². The van der Waals surface area contributed by atoms with E-state index in [9.17, 15) is 18.0 Å². The quantitative estimate of drug-likeness (QED) is 0.423. The number of alkyl halides is 3. The molecule has 4 rings (SSSR count). The number of carbonyl (C=O) groups is 1. The number of nitrogens with one attached hydrogen (secondary N) is 1. The summed E-state index contributed by atoms with van der Waals surface area (Å²) >= 11 is 5.75. The molecule has 0 unspecified atom stereocenters. The first-order valence-electron chi connectivity index (χ1n) is 9.29. The number of nitrogens with zero attached hydrogens (tertiary/aromatic N) is 3. The Morgan fingerprint density at radius 1 is 1.06 bits per heavy atom. The molecule has 1 amide bonds. The van der Waals surface area contributed by atoms with Crippen molar-refractivity contribution in [3.8, 4) is 0 Å². The minimum absolute atomic E-state index is 0.0241. The van der Waals surface area contributed by atoms with E-state index in [1.807, 2.05) is 16.7 Å². The van der Waals surface area contributed by atoms with Crippen LogP contribution in [0.1, 0.15) is 16.8 Å². The Bertz CT molecular complexity index is 1220. The molecular formula is C22H16ClF3N4O. The predicted molar refractivity (Wildman–Crippen MR) is 112 cm³/mol. The van der Waals surface area contributed by atoms with Gasteiger partial charge >= 0.3 is 6.18 Å². The Balaban J connectivity index is 1.68. The maximum absolute atomic E-state index is 13.2. The van der Waals surface area contributed by atoms with Crippen molar-refractivity contribution in [3.05, 3.63) is 89.1 Å². The normalized spacial score (nSPS) is 11.6. The van der Waals surface area contributed by atoms with Gasteiger partial charge in [-0.15, -0.1) is 0 Å². The molecule has 158 valence electrons. The summed E-state index contributed by atoms with van der Waals surface area (Å²) in [4.78, 5) is 20.5. The van der Waals surface area contributed by atoms with Crippen LogP contribution >= 0.6 is 11.6 Å². The molecule has 5 nitrogen and oxygen atoms in total. The van der Waals surface area contributed by atoms with Crippen molar-refractivity contribution in [2.24, 2.45) is 0 Å². The van der Waals surface area contributed by atoms with Gasteiger partial charge in [0.15, 0.2) is 0 Å². The highest BCUT2D eigenvalue weighted by Gasteiger charge is 2.30. The fourth-order valence-electron chi connectivity index (χ4n) is 3.33. The summed E-state index contributed by atoms with van der Waals surface area (Å²) in [6, 6.07) is 12.0. The number of amides is 1. The van der Waals surface area contributed by atoms with Gasteiger partial charge in [-0.2, -0.15) is 13.2 Å². The lowest BCUT2D eigenvalue weighted by Gasteiger charge is -2.12. The number of hydrogen-bond acceptors (Lipinski definition) is 3. The zero-order valence-corrected chi connectivity index (χ0v) is 16.8. The lowest BCUT2D eigenvalue weighted by molar-refractivity contribution is -0.137. The molecule has 0 saturated carbocycles. The molecule has 9 heteroatoms. The highest BCUT2D eigenvalue weighted by atomic mass is 35.5. The second kappa shape index (κ2) is 8.39. The van der Waals surface area contributed by atoms with Crippen molar-refractivity contribution < 1.29 is 18.0 Å². The van der Waals surface area contributed by atoms with Crippen LogP contribution < -0.4 is 5.32 Å². The summed E-state index contributed by atoms with van der Waals surface area (Å²) in [6.45, 7) is 0.391. The Labute approximate surface area is 180 Å². The van der Waals surface area contributed by atoms with E-state index in [4.69, 9.17) is 11.6 Å². The molecule has 0 aliphatic carbocycles. The van der Waals surface area contributed by atoms with Crippen molar-refractivity contribution in [1.82, 2.24) is 14.5 Å². The van der Waals surface area contributed by atoms with Crippen LogP contribution in [0.5, 0.6) is 0 Å². The van der Waals surface area contributed by atoms with Crippen LogP contribution in [0.3, 0.4) is 0 Å².